The van der Waals surface area contributed by atoms with Gasteiger partial charge in [-0.2, -0.15) is 5.10 Å². The summed E-state index contributed by atoms with van der Waals surface area (Å²) in [6, 6.07) is 12.6. The normalized spacial score (nSPS) is 17.0. The predicted molar refractivity (Wildman–Crippen MR) is 109 cm³/mol. The Hall–Kier alpha value is -3.68. The number of nitrogens with zero attached hydrogens (tertiary/aromatic N) is 4. The van der Waals surface area contributed by atoms with Crippen LogP contribution in [0.5, 0.6) is 5.88 Å². The van der Waals surface area contributed by atoms with Crippen LogP contribution in [-0.4, -0.2) is 37.4 Å². The fourth-order valence-corrected chi connectivity index (χ4v) is 3.57. The van der Waals surface area contributed by atoms with Crippen molar-refractivity contribution in [3.63, 3.8) is 0 Å². The molecule has 1 aliphatic rings. The molecule has 8 heteroatoms. The number of hydrogen-bond donors (Lipinski definition) is 2. The Balaban J connectivity index is 1.71. The van der Waals surface area contributed by atoms with Crippen LogP contribution in [-0.2, 0) is 0 Å². The van der Waals surface area contributed by atoms with Crippen molar-refractivity contribution in [1.82, 2.24) is 19.5 Å². The van der Waals surface area contributed by atoms with Crippen molar-refractivity contribution in [2.75, 3.05) is 6.54 Å². The predicted octanol–water partition coefficient (Wildman–Crippen LogP) is 2.19. The molecule has 2 N–H and O–H groups in total. The van der Waals surface area contributed by atoms with Crippen LogP contribution in [0.1, 0.15) is 36.4 Å². The van der Waals surface area contributed by atoms with E-state index in [1.54, 1.807) is 36.5 Å². The number of pyridine rings is 1. The quantitative estimate of drug-likeness (QED) is 0.664. The van der Waals surface area contributed by atoms with Crippen LogP contribution in [0.2, 0.25) is 0 Å². The molecule has 3 aromatic rings. The van der Waals surface area contributed by atoms with Crippen LogP contribution in [0.3, 0.4) is 0 Å². The largest absolute Gasteiger partial charge is 0.493 e. The number of piperidine rings is 1. The lowest BCUT2D eigenvalue weighted by atomic mass is 9.98. The Labute approximate surface area is 166 Å². The first-order chi connectivity index (χ1) is 14.1. The minimum absolute atomic E-state index is 0.0509. The number of rotatable bonds is 4. The molecule has 0 aliphatic carbocycles. The Morgan fingerprint density at radius 2 is 1.97 bits per heavy atom. The Kier molecular flexibility index (Phi) is 5.24. The highest BCUT2D eigenvalue weighted by molar-refractivity contribution is 5.82. The van der Waals surface area contributed by atoms with Gasteiger partial charge in [0.1, 0.15) is 5.56 Å². The summed E-state index contributed by atoms with van der Waals surface area (Å²) in [4.78, 5) is 31.0. The number of aromatic hydroxyl groups is 1. The number of H-pyrrole nitrogens is 1. The second-order valence-electron chi connectivity index (χ2n) is 6.87. The van der Waals surface area contributed by atoms with Gasteiger partial charge >= 0.3 is 5.69 Å². The van der Waals surface area contributed by atoms with Crippen molar-refractivity contribution in [3.8, 4) is 11.6 Å². The summed E-state index contributed by atoms with van der Waals surface area (Å²) in [7, 11) is 0. The van der Waals surface area contributed by atoms with Gasteiger partial charge in [0.2, 0.25) is 5.88 Å². The van der Waals surface area contributed by atoms with Crippen molar-refractivity contribution in [3.05, 3.63) is 86.8 Å². The highest BCUT2D eigenvalue weighted by Crippen LogP contribution is 2.30. The van der Waals surface area contributed by atoms with Crippen LogP contribution >= 0.6 is 0 Å². The van der Waals surface area contributed by atoms with Gasteiger partial charge in [0, 0.05) is 18.9 Å². The van der Waals surface area contributed by atoms with Crippen molar-refractivity contribution >= 4 is 6.21 Å². The summed E-state index contributed by atoms with van der Waals surface area (Å²) in [6.45, 7) is 0.729. The number of aromatic nitrogens is 3. The van der Waals surface area contributed by atoms with Gasteiger partial charge in [-0.1, -0.05) is 24.3 Å². The van der Waals surface area contributed by atoms with E-state index in [4.69, 9.17) is 0 Å². The molecule has 8 nitrogen and oxygen atoms in total. The lowest BCUT2D eigenvalue weighted by molar-refractivity contribution is 0.156. The van der Waals surface area contributed by atoms with E-state index in [1.807, 2.05) is 23.3 Å². The van der Waals surface area contributed by atoms with Crippen LogP contribution in [0.15, 0.2) is 69.5 Å². The molecule has 0 amide bonds. The maximum Gasteiger partial charge on any atom is 0.335 e. The van der Waals surface area contributed by atoms with Crippen molar-refractivity contribution in [1.29, 1.82) is 0 Å². The van der Waals surface area contributed by atoms with Gasteiger partial charge in [-0.05, 0) is 43.0 Å². The Bertz CT molecular complexity index is 1120. The zero-order valence-electron chi connectivity index (χ0n) is 15.7. The maximum absolute atomic E-state index is 12.3. The number of hydrazone groups is 1. The fraction of sp³-hybridized carbons (Fsp3) is 0.238. The molecule has 4 rings (SSSR count). The van der Waals surface area contributed by atoms with E-state index in [0.717, 1.165) is 35.9 Å². The molecule has 3 heterocycles. The third-order valence-corrected chi connectivity index (χ3v) is 5.01. The second kappa shape index (κ2) is 8.14. The molecule has 0 radical (unpaired) electrons. The first kappa shape index (κ1) is 18.7. The summed E-state index contributed by atoms with van der Waals surface area (Å²) in [5.74, 6) is -0.441. The summed E-state index contributed by atoms with van der Waals surface area (Å²) < 4.78 is 1.05. The van der Waals surface area contributed by atoms with Gasteiger partial charge in [-0.15, -0.1) is 0 Å². The Morgan fingerprint density at radius 3 is 2.72 bits per heavy atom. The molecular formula is C21H21N5O3. The van der Waals surface area contributed by atoms with Gasteiger partial charge < -0.3 is 5.11 Å². The van der Waals surface area contributed by atoms with Gasteiger partial charge in [-0.3, -0.25) is 19.8 Å². The standard InChI is InChI=1S/C21H21N5O3/c27-19-17(20(28)26(21(29)24-19)16-8-2-1-3-9-16)14-23-25-12-5-4-10-18(25)15-7-6-11-22-13-15/h1-3,6-9,11,13-14,18,28H,4-5,10,12H2,(H,24,27,29)/b23-14+/t18-/m1/s1. The Morgan fingerprint density at radius 1 is 1.14 bits per heavy atom. The van der Waals surface area contributed by atoms with Crippen molar-refractivity contribution in [2.24, 2.45) is 5.10 Å². The monoisotopic (exact) mass is 391 g/mol. The fourth-order valence-electron chi connectivity index (χ4n) is 3.57. The molecule has 1 fully saturated rings. The first-order valence-electron chi connectivity index (χ1n) is 9.49. The molecule has 0 bridgehead atoms. The molecule has 1 aromatic carbocycles. The summed E-state index contributed by atoms with van der Waals surface area (Å²) >= 11 is 0. The number of hydrogen-bond acceptors (Lipinski definition) is 6. The molecule has 29 heavy (non-hydrogen) atoms. The molecular weight excluding hydrogens is 370 g/mol. The highest BCUT2D eigenvalue weighted by Gasteiger charge is 2.23. The van der Waals surface area contributed by atoms with E-state index >= 15 is 0 Å². The van der Waals surface area contributed by atoms with Gasteiger partial charge in [0.25, 0.3) is 5.56 Å². The molecule has 1 atom stereocenters. The number of para-hydroxylation sites is 1. The maximum atomic E-state index is 12.3. The SMILES string of the molecule is O=c1[nH]c(=O)n(-c2ccccc2)c(O)c1/C=N/N1CCCC[C@@H]1c1cccnc1. The topological polar surface area (TPSA) is 104 Å². The third kappa shape index (κ3) is 3.82. The van der Waals surface area contributed by atoms with Gasteiger partial charge in [-0.25, -0.2) is 9.36 Å². The van der Waals surface area contributed by atoms with E-state index < -0.39 is 17.1 Å². The van der Waals surface area contributed by atoms with E-state index in [2.05, 4.69) is 15.1 Å². The molecule has 0 spiro atoms. The lowest BCUT2D eigenvalue weighted by Crippen LogP contribution is -2.32. The highest BCUT2D eigenvalue weighted by atomic mass is 16.3. The third-order valence-electron chi connectivity index (χ3n) is 5.01. The van der Waals surface area contributed by atoms with Gasteiger partial charge in [0.15, 0.2) is 0 Å². The summed E-state index contributed by atoms with van der Waals surface area (Å²) in [6.07, 6.45) is 7.86. The van der Waals surface area contributed by atoms with E-state index in [-0.39, 0.29) is 11.6 Å². The average Bonchev–Trinajstić information content (AvgIpc) is 2.75. The minimum Gasteiger partial charge on any atom is -0.493 e. The molecule has 1 saturated heterocycles. The van der Waals surface area contributed by atoms with E-state index in [0.29, 0.717) is 5.69 Å². The van der Waals surface area contributed by atoms with Crippen LogP contribution in [0.4, 0.5) is 0 Å². The van der Waals surface area contributed by atoms with Crippen LogP contribution < -0.4 is 11.2 Å². The first-order valence-corrected chi connectivity index (χ1v) is 9.49. The molecule has 0 unspecified atom stereocenters. The van der Waals surface area contributed by atoms with Gasteiger partial charge in [0.05, 0.1) is 17.9 Å². The lowest BCUT2D eigenvalue weighted by Gasteiger charge is -2.33. The zero-order chi connectivity index (χ0) is 20.2. The van der Waals surface area contributed by atoms with Crippen LogP contribution in [0.25, 0.3) is 5.69 Å². The summed E-state index contributed by atoms with van der Waals surface area (Å²) in [5, 5.41) is 17.0. The minimum atomic E-state index is -0.706. The van der Waals surface area contributed by atoms with E-state index in [1.165, 1.54) is 6.21 Å². The van der Waals surface area contributed by atoms with Crippen molar-refractivity contribution in [2.45, 2.75) is 25.3 Å². The van der Waals surface area contributed by atoms with Crippen molar-refractivity contribution < 1.29 is 5.11 Å². The summed E-state index contributed by atoms with van der Waals surface area (Å²) in [5.41, 5.74) is 0.0493. The second-order valence-corrected chi connectivity index (χ2v) is 6.87. The van der Waals surface area contributed by atoms with Crippen LogP contribution in [0, 0.1) is 0 Å². The zero-order valence-corrected chi connectivity index (χ0v) is 15.7. The number of aromatic amines is 1. The molecule has 0 saturated carbocycles. The number of nitrogens with one attached hydrogen (secondary N) is 1. The molecule has 2 aromatic heterocycles. The average molecular weight is 391 g/mol. The molecule has 1 aliphatic heterocycles. The van der Waals surface area contributed by atoms with E-state index in [9.17, 15) is 14.7 Å². The molecule has 148 valence electrons. The smallest absolute Gasteiger partial charge is 0.335 e. The number of benzene rings is 1.